The smallest absolute Gasteiger partial charge is 0.0197 e. The van der Waals surface area contributed by atoms with Crippen molar-refractivity contribution in [1.29, 1.82) is 0 Å². The normalized spacial score (nSPS) is 54.1. The summed E-state index contributed by atoms with van der Waals surface area (Å²) in [5, 5.41) is 0. The van der Waals surface area contributed by atoms with Crippen LogP contribution in [0.4, 0.5) is 0 Å². The minimum Gasteiger partial charge on any atom is -0.0851 e. The SMILES string of the molecule is CC(C1CC2C=CC1C2)C1CC2C=CC1C2. The molecular formula is C16H22. The third-order valence-electron chi connectivity index (χ3n) is 6.01. The zero-order chi connectivity index (χ0) is 10.7. The monoisotopic (exact) mass is 214 g/mol. The van der Waals surface area contributed by atoms with Crippen LogP contribution in [-0.4, -0.2) is 0 Å². The van der Waals surface area contributed by atoms with Gasteiger partial charge in [0, 0.05) is 0 Å². The number of rotatable bonds is 2. The van der Waals surface area contributed by atoms with Crippen LogP contribution in [-0.2, 0) is 0 Å². The Morgan fingerprint density at radius 2 is 1.25 bits per heavy atom. The van der Waals surface area contributed by atoms with Crippen molar-refractivity contribution in [3.63, 3.8) is 0 Å². The maximum atomic E-state index is 2.55. The average Bonchev–Trinajstić information content (AvgIpc) is 3.06. The molecule has 0 nitrogen and oxygen atoms in total. The van der Waals surface area contributed by atoms with Crippen LogP contribution in [0.2, 0.25) is 0 Å². The Bertz CT molecular complexity index is 317. The number of hydrogen-bond donors (Lipinski definition) is 0. The largest absolute Gasteiger partial charge is 0.0851 e. The van der Waals surface area contributed by atoms with E-state index in [-0.39, 0.29) is 0 Å². The van der Waals surface area contributed by atoms with Crippen molar-refractivity contribution in [1.82, 2.24) is 0 Å². The molecule has 86 valence electrons. The summed E-state index contributed by atoms with van der Waals surface area (Å²) in [6.07, 6.45) is 16.0. The molecule has 6 atom stereocenters. The van der Waals surface area contributed by atoms with Crippen molar-refractivity contribution in [2.75, 3.05) is 0 Å². The minimum absolute atomic E-state index is 0.947. The van der Waals surface area contributed by atoms with Gasteiger partial charge in [-0.05, 0) is 67.1 Å². The number of hydrogen-bond acceptors (Lipinski definition) is 0. The van der Waals surface area contributed by atoms with Crippen molar-refractivity contribution < 1.29 is 0 Å². The van der Waals surface area contributed by atoms with E-state index in [9.17, 15) is 0 Å². The second-order valence-corrected chi connectivity index (χ2v) is 6.75. The molecule has 4 aliphatic rings. The van der Waals surface area contributed by atoms with E-state index in [1.165, 1.54) is 25.7 Å². The molecule has 2 saturated carbocycles. The molecule has 0 heteroatoms. The molecule has 4 rings (SSSR count). The van der Waals surface area contributed by atoms with Gasteiger partial charge in [-0.2, -0.15) is 0 Å². The maximum Gasteiger partial charge on any atom is -0.0197 e. The third kappa shape index (κ3) is 1.22. The fraction of sp³-hybridized carbons (Fsp3) is 0.750. The highest BCUT2D eigenvalue weighted by molar-refractivity contribution is 5.15. The lowest BCUT2D eigenvalue weighted by molar-refractivity contribution is 0.192. The molecular weight excluding hydrogens is 192 g/mol. The summed E-state index contributed by atoms with van der Waals surface area (Å²) in [4.78, 5) is 0. The summed E-state index contributed by atoms with van der Waals surface area (Å²) in [5.41, 5.74) is 0. The molecule has 0 N–H and O–H groups in total. The van der Waals surface area contributed by atoms with Gasteiger partial charge in [0.1, 0.15) is 0 Å². The Balaban J connectivity index is 1.52. The van der Waals surface area contributed by atoms with E-state index in [4.69, 9.17) is 0 Å². The average molecular weight is 214 g/mol. The summed E-state index contributed by atoms with van der Waals surface area (Å²) in [5.74, 6) is 6.81. The first-order chi connectivity index (χ1) is 7.81. The van der Waals surface area contributed by atoms with Crippen LogP contribution in [0.3, 0.4) is 0 Å². The molecule has 0 heterocycles. The third-order valence-corrected chi connectivity index (χ3v) is 6.01. The van der Waals surface area contributed by atoms with Crippen LogP contribution in [0.1, 0.15) is 32.6 Å². The quantitative estimate of drug-likeness (QED) is 0.608. The van der Waals surface area contributed by atoms with Crippen molar-refractivity contribution in [2.45, 2.75) is 32.6 Å². The summed E-state index contributed by atoms with van der Waals surface area (Å²) in [7, 11) is 0. The Kier molecular flexibility index (Phi) is 1.93. The van der Waals surface area contributed by atoms with Gasteiger partial charge in [0.05, 0.1) is 0 Å². The Labute approximate surface area is 98.8 Å². The molecule has 0 aromatic heterocycles. The molecule has 0 aromatic rings. The Hall–Kier alpha value is -0.520. The lowest BCUT2D eigenvalue weighted by Crippen LogP contribution is -2.26. The molecule has 0 radical (unpaired) electrons. The lowest BCUT2D eigenvalue weighted by Gasteiger charge is -2.33. The van der Waals surface area contributed by atoms with Crippen LogP contribution in [0, 0.1) is 41.4 Å². The van der Waals surface area contributed by atoms with Crippen molar-refractivity contribution >= 4 is 0 Å². The molecule has 2 fully saturated rings. The van der Waals surface area contributed by atoms with E-state index in [2.05, 4.69) is 31.2 Å². The Morgan fingerprint density at radius 3 is 1.56 bits per heavy atom. The molecule has 6 unspecified atom stereocenters. The van der Waals surface area contributed by atoms with Gasteiger partial charge in [0.25, 0.3) is 0 Å². The number of allylic oxidation sites excluding steroid dienone is 4. The van der Waals surface area contributed by atoms with Gasteiger partial charge in [-0.3, -0.25) is 0 Å². The summed E-state index contributed by atoms with van der Waals surface area (Å²) < 4.78 is 0. The molecule has 4 aliphatic carbocycles. The zero-order valence-corrected chi connectivity index (χ0v) is 10.2. The van der Waals surface area contributed by atoms with E-state index in [1.807, 2.05) is 0 Å². The van der Waals surface area contributed by atoms with Crippen LogP contribution < -0.4 is 0 Å². The van der Waals surface area contributed by atoms with Crippen LogP contribution in [0.15, 0.2) is 24.3 Å². The van der Waals surface area contributed by atoms with Crippen LogP contribution >= 0.6 is 0 Å². The van der Waals surface area contributed by atoms with Gasteiger partial charge in [-0.25, -0.2) is 0 Å². The standard InChI is InChI=1S/C16H22/c1-10(15-8-11-2-4-13(15)6-11)16-9-12-3-5-14(16)7-12/h2-5,10-16H,6-9H2,1H3. The number of fused-ring (bicyclic) bond motifs is 4. The molecule has 16 heavy (non-hydrogen) atoms. The topological polar surface area (TPSA) is 0 Å². The fourth-order valence-electron chi connectivity index (χ4n) is 5.17. The van der Waals surface area contributed by atoms with Gasteiger partial charge in [0.15, 0.2) is 0 Å². The van der Waals surface area contributed by atoms with Crippen LogP contribution in [0.5, 0.6) is 0 Å². The van der Waals surface area contributed by atoms with Crippen molar-refractivity contribution in [3.8, 4) is 0 Å². The van der Waals surface area contributed by atoms with Crippen molar-refractivity contribution in [3.05, 3.63) is 24.3 Å². The molecule has 0 aliphatic heterocycles. The molecule has 0 spiro atoms. The molecule has 0 amide bonds. The van der Waals surface area contributed by atoms with Crippen LogP contribution in [0.25, 0.3) is 0 Å². The highest BCUT2D eigenvalue weighted by Crippen LogP contribution is 2.54. The highest BCUT2D eigenvalue weighted by atomic mass is 14.5. The predicted molar refractivity (Wildman–Crippen MR) is 66.9 cm³/mol. The lowest BCUT2D eigenvalue weighted by atomic mass is 9.72. The molecule has 0 aromatic carbocycles. The van der Waals surface area contributed by atoms with Gasteiger partial charge in [0.2, 0.25) is 0 Å². The van der Waals surface area contributed by atoms with E-state index in [1.54, 1.807) is 0 Å². The maximum absolute atomic E-state index is 2.55. The summed E-state index contributed by atoms with van der Waals surface area (Å²) >= 11 is 0. The van der Waals surface area contributed by atoms with Gasteiger partial charge in [-0.1, -0.05) is 31.2 Å². The first-order valence-corrected chi connectivity index (χ1v) is 7.18. The summed E-state index contributed by atoms with van der Waals surface area (Å²) in [6.45, 7) is 2.55. The highest BCUT2D eigenvalue weighted by Gasteiger charge is 2.45. The minimum atomic E-state index is 0.947. The van der Waals surface area contributed by atoms with Crippen molar-refractivity contribution in [2.24, 2.45) is 41.4 Å². The first kappa shape index (κ1) is 9.50. The second kappa shape index (κ2) is 3.24. The summed E-state index contributed by atoms with van der Waals surface area (Å²) in [6, 6.07) is 0. The fourth-order valence-corrected chi connectivity index (χ4v) is 5.17. The van der Waals surface area contributed by atoms with Gasteiger partial charge >= 0.3 is 0 Å². The Morgan fingerprint density at radius 1 is 0.750 bits per heavy atom. The zero-order valence-electron chi connectivity index (χ0n) is 10.2. The van der Waals surface area contributed by atoms with Gasteiger partial charge in [-0.15, -0.1) is 0 Å². The molecule has 0 saturated heterocycles. The second-order valence-electron chi connectivity index (χ2n) is 6.75. The molecule has 4 bridgehead atoms. The van der Waals surface area contributed by atoms with E-state index in [0.29, 0.717) is 0 Å². The predicted octanol–water partition coefficient (Wildman–Crippen LogP) is 4.05. The van der Waals surface area contributed by atoms with Gasteiger partial charge < -0.3 is 0 Å². The van der Waals surface area contributed by atoms with E-state index < -0.39 is 0 Å². The van der Waals surface area contributed by atoms with E-state index in [0.717, 1.165) is 41.4 Å². The van der Waals surface area contributed by atoms with E-state index >= 15 is 0 Å². The first-order valence-electron chi connectivity index (χ1n) is 7.18.